The lowest BCUT2D eigenvalue weighted by molar-refractivity contribution is 0.163. The van der Waals surface area contributed by atoms with Crippen LogP contribution in [-0.2, 0) is 13.6 Å². The molecule has 94 valence electrons. The predicted molar refractivity (Wildman–Crippen MR) is 67.1 cm³/mol. The zero-order valence-corrected chi connectivity index (χ0v) is 10.8. The Kier molecular flexibility index (Phi) is 5.98. The third kappa shape index (κ3) is 5.18. The van der Waals surface area contributed by atoms with Gasteiger partial charge in [0.15, 0.2) is 0 Å². The molecule has 0 aliphatic rings. The first-order chi connectivity index (χ1) is 8.20. The van der Waals surface area contributed by atoms with Gasteiger partial charge in [-0.15, -0.1) is 6.58 Å². The number of benzene rings is 1. The molecular weight excluding hydrogens is 239 g/mol. The van der Waals surface area contributed by atoms with Crippen LogP contribution >= 0.6 is 7.82 Å². The lowest BCUT2D eigenvalue weighted by Gasteiger charge is -2.17. The van der Waals surface area contributed by atoms with Crippen molar-refractivity contribution in [2.45, 2.75) is 13.3 Å². The molecule has 0 fully saturated rings. The van der Waals surface area contributed by atoms with Gasteiger partial charge in [0, 0.05) is 0 Å². The van der Waals surface area contributed by atoms with E-state index in [1.165, 1.54) is 0 Å². The first-order valence-corrected chi connectivity index (χ1v) is 6.91. The predicted octanol–water partition coefficient (Wildman–Crippen LogP) is 3.80. The van der Waals surface area contributed by atoms with Gasteiger partial charge in [-0.3, -0.25) is 9.05 Å². The molecule has 5 heteroatoms. The Bertz CT molecular complexity index is 377. The topological polar surface area (TPSA) is 44.8 Å². The SMILES string of the molecule is C=CCCOP(=O)(OCC)Oc1ccccc1. The van der Waals surface area contributed by atoms with Gasteiger partial charge in [-0.2, -0.15) is 0 Å². The average molecular weight is 256 g/mol. The van der Waals surface area contributed by atoms with E-state index in [1.54, 1.807) is 37.3 Å². The van der Waals surface area contributed by atoms with E-state index in [0.29, 0.717) is 12.2 Å². The molecule has 0 saturated heterocycles. The third-order valence-electron chi connectivity index (χ3n) is 1.82. The Morgan fingerprint density at radius 3 is 2.59 bits per heavy atom. The highest BCUT2D eigenvalue weighted by molar-refractivity contribution is 7.48. The summed E-state index contributed by atoms with van der Waals surface area (Å²) >= 11 is 0. The molecule has 1 aromatic rings. The maximum atomic E-state index is 12.2. The van der Waals surface area contributed by atoms with E-state index in [9.17, 15) is 4.57 Å². The Hall–Kier alpha value is -1.09. The van der Waals surface area contributed by atoms with E-state index in [4.69, 9.17) is 13.6 Å². The van der Waals surface area contributed by atoms with Gasteiger partial charge in [-0.25, -0.2) is 4.57 Å². The van der Waals surface area contributed by atoms with Crippen LogP contribution in [0.1, 0.15) is 13.3 Å². The fraction of sp³-hybridized carbons (Fsp3) is 0.333. The van der Waals surface area contributed by atoms with Crippen molar-refractivity contribution in [2.75, 3.05) is 13.2 Å². The molecule has 0 N–H and O–H groups in total. The van der Waals surface area contributed by atoms with Gasteiger partial charge in [0.25, 0.3) is 0 Å². The molecule has 0 spiro atoms. The normalized spacial score (nSPS) is 13.9. The van der Waals surface area contributed by atoms with Gasteiger partial charge in [-0.05, 0) is 25.5 Å². The van der Waals surface area contributed by atoms with Gasteiger partial charge < -0.3 is 4.52 Å². The number of hydrogen-bond donors (Lipinski definition) is 0. The summed E-state index contributed by atoms with van der Waals surface area (Å²) in [6.07, 6.45) is 2.27. The van der Waals surface area contributed by atoms with Crippen LogP contribution < -0.4 is 4.52 Å². The second-order valence-electron chi connectivity index (χ2n) is 3.18. The zero-order chi connectivity index (χ0) is 12.6. The molecule has 0 bridgehead atoms. The molecule has 0 aliphatic heterocycles. The summed E-state index contributed by atoms with van der Waals surface area (Å²) in [5.74, 6) is 0.461. The molecule has 0 heterocycles. The van der Waals surface area contributed by atoms with Gasteiger partial charge in [0.2, 0.25) is 0 Å². The molecule has 1 unspecified atom stereocenters. The number of rotatable bonds is 8. The second kappa shape index (κ2) is 7.28. The molecule has 4 nitrogen and oxygen atoms in total. The van der Waals surface area contributed by atoms with E-state index in [0.717, 1.165) is 0 Å². The van der Waals surface area contributed by atoms with Crippen molar-refractivity contribution in [1.82, 2.24) is 0 Å². The lowest BCUT2D eigenvalue weighted by Crippen LogP contribution is -2.03. The van der Waals surface area contributed by atoms with E-state index in [-0.39, 0.29) is 13.2 Å². The maximum Gasteiger partial charge on any atom is 0.530 e. The van der Waals surface area contributed by atoms with Crippen LogP contribution in [0.25, 0.3) is 0 Å². The Labute approximate surface area is 102 Å². The van der Waals surface area contributed by atoms with Crippen molar-refractivity contribution >= 4 is 7.82 Å². The summed E-state index contributed by atoms with van der Waals surface area (Å²) in [6, 6.07) is 8.81. The van der Waals surface area contributed by atoms with Crippen LogP contribution in [-0.4, -0.2) is 13.2 Å². The first kappa shape index (κ1) is 14.0. The number of phosphoric acid groups is 1. The first-order valence-electron chi connectivity index (χ1n) is 5.45. The highest BCUT2D eigenvalue weighted by atomic mass is 31.2. The molecule has 0 saturated carbocycles. The van der Waals surface area contributed by atoms with Crippen LogP contribution in [0, 0.1) is 0 Å². The van der Waals surface area contributed by atoms with Gasteiger partial charge in [0.05, 0.1) is 13.2 Å². The standard InChI is InChI=1S/C12H17O4P/c1-3-5-11-15-17(13,14-4-2)16-12-9-7-6-8-10-12/h3,6-10H,1,4-5,11H2,2H3. The largest absolute Gasteiger partial charge is 0.530 e. The molecule has 1 rings (SSSR count). The molecule has 0 aliphatic carbocycles. The lowest BCUT2D eigenvalue weighted by atomic mass is 10.3. The van der Waals surface area contributed by atoms with Crippen molar-refractivity contribution < 1.29 is 18.1 Å². The van der Waals surface area contributed by atoms with Gasteiger partial charge >= 0.3 is 7.82 Å². The minimum atomic E-state index is -3.52. The zero-order valence-electron chi connectivity index (χ0n) is 9.87. The van der Waals surface area contributed by atoms with Crippen molar-refractivity contribution in [1.29, 1.82) is 0 Å². The van der Waals surface area contributed by atoms with Crippen molar-refractivity contribution in [2.24, 2.45) is 0 Å². The van der Waals surface area contributed by atoms with Crippen molar-refractivity contribution in [3.63, 3.8) is 0 Å². The van der Waals surface area contributed by atoms with Crippen molar-refractivity contribution in [3.05, 3.63) is 43.0 Å². The Balaban J connectivity index is 2.64. The molecule has 0 amide bonds. The second-order valence-corrected chi connectivity index (χ2v) is 4.77. The van der Waals surface area contributed by atoms with Gasteiger partial charge in [-0.1, -0.05) is 24.3 Å². The summed E-state index contributed by atoms with van der Waals surface area (Å²) in [4.78, 5) is 0. The fourth-order valence-corrected chi connectivity index (χ4v) is 2.31. The van der Waals surface area contributed by atoms with Crippen LogP contribution in [0.3, 0.4) is 0 Å². The third-order valence-corrected chi connectivity index (χ3v) is 3.33. The van der Waals surface area contributed by atoms with Crippen molar-refractivity contribution in [3.8, 4) is 5.75 Å². The highest BCUT2D eigenvalue weighted by Gasteiger charge is 2.27. The van der Waals surface area contributed by atoms with Crippen LogP contribution in [0.4, 0.5) is 0 Å². The maximum absolute atomic E-state index is 12.2. The van der Waals surface area contributed by atoms with E-state index in [1.807, 2.05) is 6.07 Å². The quantitative estimate of drug-likeness (QED) is 0.403. The molecular formula is C12H17O4P. The van der Waals surface area contributed by atoms with E-state index < -0.39 is 7.82 Å². The molecule has 0 radical (unpaired) electrons. The van der Waals surface area contributed by atoms with E-state index >= 15 is 0 Å². The number of hydrogen-bond acceptors (Lipinski definition) is 4. The van der Waals surface area contributed by atoms with E-state index in [2.05, 4.69) is 6.58 Å². The Morgan fingerprint density at radius 2 is 2.00 bits per heavy atom. The minimum Gasteiger partial charge on any atom is -0.404 e. The van der Waals surface area contributed by atoms with Crippen LogP contribution in [0.5, 0.6) is 5.75 Å². The Morgan fingerprint density at radius 1 is 1.29 bits per heavy atom. The number of para-hydroxylation sites is 1. The number of phosphoric ester groups is 1. The van der Waals surface area contributed by atoms with Gasteiger partial charge in [0.1, 0.15) is 5.75 Å². The molecule has 0 aromatic heterocycles. The molecule has 1 aromatic carbocycles. The monoisotopic (exact) mass is 256 g/mol. The fourth-order valence-electron chi connectivity index (χ4n) is 1.11. The average Bonchev–Trinajstić information content (AvgIpc) is 2.31. The summed E-state index contributed by atoms with van der Waals surface area (Å²) < 4.78 is 27.6. The molecule has 17 heavy (non-hydrogen) atoms. The summed E-state index contributed by atoms with van der Waals surface area (Å²) in [6.45, 7) is 5.81. The van der Waals surface area contributed by atoms with Crippen LogP contribution in [0.15, 0.2) is 43.0 Å². The highest BCUT2D eigenvalue weighted by Crippen LogP contribution is 2.49. The minimum absolute atomic E-state index is 0.258. The van der Waals surface area contributed by atoms with Crippen LogP contribution in [0.2, 0.25) is 0 Å². The summed E-state index contributed by atoms with van der Waals surface area (Å²) in [5.41, 5.74) is 0. The summed E-state index contributed by atoms with van der Waals surface area (Å²) in [7, 11) is -3.52. The molecule has 1 atom stereocenters. The smallest absolute Gasteiger partial charge is 0.404 e. The summed E-state index contributed by atoms with van der Waals surface area (Å²) in [5, 5.41) is 0.